The number of nitrogens with zero attached hydrogens (tertiary/aromatic N) is 3. The van der Waals surface area contributed by atoms with Crippen molar-refractivity contribution in [3.8, 4) is 11.5 Å². The normalized spacial score (nSPS) is 16.4. The first-order chi connectivity index (χ1) is 14.6. The SMILES string of the molecule is CCN(CC)C(=O)CN1CCN(C(=O)C2c3ccccc3Oc3ccccc32)CC1. The monoisotopic (exact) mass is 407 g/mol. The molecule has 30 heavy (non-hydrogen) atoms. The van der Waals surface area contributed by atoms with E-state index in [1.54, 1.807) is 0 Å². The second kappa shape index (κ2) is 8.88. The first-order valence-electron chi connectivity index (χ1n) is 10.8. The molecule has 1 fully saturated rings. The average Bonchev–Trinajstić information content (AvgIpc) is 2.78. The van der Waals surface area contributed by atoms with E-state index in [0.717, 1.165) is 35.7 Å². The first kappa shape index (κ1) is 20.4. The summed E-state index contributed by atoms with van der Waals surface area (Å²) in [6, 6.07) is 15.6. The molecule has 158 valence electrons. The van der Waals surface area contributed by atoms with E-state index in [1.807, 2.05) is 72.2 Å². The van der Waals surface area contributed by atoms with Crippen LogP contribution in [0.25, 0.3) is 0 Å². The largest absolute Gasteiger partial charge is 0.457 e. The summed E-state index contributed by atoms with van der Waals surface area (Å²) in [6.07, 6.45) is 0. The molecular formula is C24H29N3O3. The molecule has 4 rings (SSSR count). The van der Waals surface area contributed by atoms with Crippen molar-refractivity contribution in [2.45, 2.75) is 19.8 Å². The average molecular weight is 408 g/mol. The number of benzene rings is 2. The van der Waals surface area contributed by atoms with Gasteiger partial charge in [-0.05, 0) is 26.0 Å². The molecule has 2 aliphatic rings. The molecule has 2 aliphatic heterocycles. The first-order valence-corrected chi connectivity index (χ1v) is 10.8. The van der Waals surface area contributed by atoms with Gasteiger partial charge in [-0.15, -0.1) is 0 Å². The maximum Gasteiger partial charge on any atom is 0.236 e. The lowest BCUT2D eigenvalue weighted by atomic mass is 9.86. The van der Waals surface area contributed by atoms with Crippen molar-refractivity contribution in [2.24, 2.45) is 0 Å². The summed E-state index contributed by atoms with van der Waals surface area (Å²) in [5.41, 5.74) is 1.83. The van der Waals surface area contributed by atoms with Crippen LogP contribution in [0.2, 0.25) is 0 Å². The molecule has 0 unspecified atom stereocenters. The Labute approximate surface area is 178 Å². The Morgan fingerprint density at radius 1 is 0.900 bits per heavy atom. The summed E-state index contributed by atoms with van der Waals surface area (Å²) in [4.78, 5) is 31.9. The van der Waals surface area contributed by atoms with Gasteiger partial charge < -0.3 is 14.5 Å². The maximum absolute atomic E-state index is 13.6. The van der Waals surface area contributed by atoms with Gasteiger partial charge in [0.2, 0.25) is 11.8 Å². The van der Waals surface area contributed by atoms with Crippen molar-refractivity contribution in [3.05, 3.63) is 59.7 Å². The number of piperazine rings is 1. The van der Waals surface area contributed by atoms with Gasteiger partial charge in [0.1, 0.15) is 11.5 Å². The van der Waals surface area contributed by atoms with E-state index < -0.39 is 0 Å². The van der Waals surface area contributed by atoms with Crippen LogP contribution in [0.1, 0.15) is 30.9 Å². The van der Waals surface area contributed by atoms with Gasteiger partial charge in [0, 0.05) is 50.4 Å². The Hall–Kier alpha value is -2.86. The summed E-state index contributed by atoms with van der Waals surface area (Å²) >= 11 is 0. The molecule has 0 spiro atoms. The van der Waals surface area contributed by atoms with Crippen LogP contribution in [0.5, 0.6) is 11.5 Å². The second-order valence-electron chi connectivity index (χ2n) is 7.78. The van der Waals surface area contributed by atoms with E-state index in [9.17, 15) is 9.59 Å². The van der Waals surface area contributed by atoms with Gasteiger partial charge in [-0.1, -0.05) is 36.4 Å². The highest BCUT2D eigenvalue weighted by molar-refractivity contribution is 5.90. The number of hydrogen-bond acceptors (Lipinski definition) is 4. The van der Waals surface area contributed by atoms with Crippen LogP contribution < -0.4 is 4.74 Å². The molecule has 2 heterocycles. The fourth-order valence-corrected chi connectivity index (χ4v) is 4.35. The third-order valence-electron chi connectivity index (χ3n) is 6.09. The molecule has 6 nitrogen and oxygen atoms in total. The van der Waals surface area contributed by atoms with Crippen molar-refractivity contribution in [1.82, 2.24) is 14.7 Å². The zero-order chi connectivity index (χ0) is 21.1. The van der Waals surface area contributed by atoms with E-state index in [-0.39, 0.29) is 17.7 Å². The molecular weight excluding hydrogens is 378 g/mol. The lowest BCUT2D eigenvalue weighted by Crippen LogP contribution is -2.52. The van der Waals surface area contributed by atoms with E-state index in [4.69, 9.17) is 4.74 Å². The molecule has 0 aliphatic carbocycles. The second-order valence-corrected chi connectivity index (χ2v) is 7.78. The summed E-state index contributed by atoms with van der Waals surface area (Å²) in [6.45, 7) is 8.58. The number of rotatable bonds is 5. The van der Waals surface area contributed by atoms with Crippen LogP contribution in [-0.2, 0) is 9.59 Å². The van der Waals surface area contributed by atoms with Crippen molar-refractivity contribution in [3.63, 3.8) is 0 Å². The van der Waals surface area contributed by atoms with Crippen LogP contribution >= 0.6 is 0 Å². The number of ether oxygens (including phenoxy) is 1. The number of fused-ring (bicyclic) bond motifs is 2. The number of hydrogen-bond donors (Lipinski definition) is 0. The van der Waals surface area contributed by atoms with Crippen molar-refractivity contribution in [2.75, 3.05) is 45.8 Å². The summed E-state index contributed by atoms with van der Waals surface area (Å²) in [5, 5.41) is 0. The van der Waals surface area contributed by atoms with Crippen LogP contribution in [0.4, 0.5) is 0 Å². The fourth-order valence-electron chi connectivity index (χ4n) is 4.35. The van der Waals surface area contributed by atoms with Gasteiger partial charge in [-0.3, -0.25) is 14.5 Å². The quantitative estimate of drug-likeness (QED) is 0.765. The van der Waals surface area contributed by atoms with Crippen molar-refractivity contribution in [1.29, 1.82) is 0 Å². The molecule has 0 radical (unpaired) electrons. The minimum atomic E-state index is -0.352. The summed E-state index contributed by atoms with van der Waals surface area (Å²) in [5.74, 6) is 1.41. The number of para-hydroxylation sites is 2. The standard InChI is InChI=1S/C24H29N3O3/c1-3-26(4-2)22(28)17-25-13-15-27(16-14-25)24(29)23-18-9-5-7-11-20(18)30-21-12-8-6-10-19(21)23/h5-12,23H,3-4,13-17H2,1-2H3. The summed E-state index contributed by atoms with van der Waals surface area (Å²) in [7, 11) is 0. The zero-order valence-electron chi connectivity index (χ0n) is 17.7. The number of carbonyl (C=O) groups excluding carboxylic acids is 2. The minimum absolute atomic E-state index is 0.105. The minimum Gasteiger partial charge on any atom is -0.457 e. The molecule has 0 aromatic heterocycles. The molecule has 0 bridgehead atoms. The van der Waals surface area contributed by atoms with Crippen molar-refractivity contribution >= 4 is 11.8 Å². The molecule has 2 aromatic rings. The molecule has 1 saturated heterocycles. The molecule has 6 heteroatoms. The number of amides is 2. The predicted octanol–water partition coefficient (Wildman–Crippen LogP) is 2.94. The van der Waals surface area contributed by atoms with Crippen LogP contribution in [0.3, 0.4) is 0 Å². The third-order valence-corrected chi connectivity index (χ3v) is 6.09. The molecule has 0 N–H and O–H groups in total. The molecule has 0 saturated carbocycles. The molecule has 2 amide bonds. The number of carbonyl (C=O) groups is 2. The van der Waals surface area contributed by atoms with Gasteiger partial charge in [0.15, 0.2) is 0 Å². The van der Waals surface area contributed by atoms with Crippen LogP contribution in [-0.4, -0.2) is 72.3 Å². The highest BCUT2D eigenvalue weighted by Gasteiger charge is 2.36. The van der Waals surface area contributed by atoms with Gasteiger partial charge in [0.25, 0.3) is 0 Å². The Bertz CT molecular complexity index is 872. The third kappa shape index (κ3) is 3.92. The van der Waals surface area contributed by atoms with Crippen LogP contribution in [0.15, 0.2) is 48.5 Å². The van der Waals surface area contributed by atoms with E-state index in [0.29, 0.717) is 32.7 Å². The van der Waals surface area contributed by atoms with Gasteiger partial charge in [-0.25, -0.2) is 0 Å². The lowest BCUT2D eigenvalue weighted by molar-refractivity contribution is -0.135. The lowest BCUT2D eigenvalue weighted by Gasteiger charge is -2.38. The molecule has 2 aromatic carbocycles. The smallest absolute Gasteiger partial charge is 0.236 e. The van der Waals surface area contributed by atoms with Gasteiger partial charge in [-0.2, -0.15) is 0 Å². The number of likely N-dealkylation sites (N-methyl/N-ethyl adjacent to an activating group) is 1. The molecule has 0 atom stereocenters. The van der Waals surface area contributed by atoms with E-state index >= 15 is 0 Å². The Morgan fingerprint density at radius 3 is 1.97 bits per heavy atom. The maximum atomic E-state index is 13.6. The topological polar surface area (TPSA) is 53.1 Å². The Balaban J connectivity index is 1.47. The highest BCUT2D eigenvalue weighted by atomic mass is 16.5. The Kier molecular flexibility index (Phi) is 6.04. The van der Waals surface area contributed by atoms with Gasteiger partial charge in [0.05, 0.1) is 12.5 Å². The van der Waals surface area contributed by atoms with Crippen LogP contribution in [0, 0.1) is 0 Å². The zero-order valence-corrected chi connectivity index (χ0v) is 17.7. The van der Waals surface area contributed by atoms with Gasteiger partial charge >= 0.3 is 0 Å². The highest BCUT2D eigenvalue weighted by Crippen LogP contribution is 2.44. The van der Waals surface area contributed by atoms with Crippen molar-refractivity contribution < 1.29 is 14.3 Å². The summed E-state index contributed by atoms with van der Waals surface area (Å²) < 4.78 is 6.03. The fraction of sp³-hybridized carbons (Fsp3) is 0.417. The predicted molar refractivity (Wildman–Crippen MR) is 116 cm³/mol. The Morgan fingerprint density at radius 2 is 1.43 bits per heavy atom. The van der Waals surface area contributed by atoms with E-state index in [2.05, 4.69) is 4.90 Å². The van der Waals surface area contributed by atoms with E-state index in [1.165, 1.54) is 0 Å².